The van der Waals surface area contributed by atoms with Gasteiger partial charge in [0.25, 0.3) is 0 Å². The molecule has 0 spiro atoms. The predicted octanol–water partition coefficient (Wildman–Crippen LogP) is 1.84. The highest BCUT2D eigenvalue weighted by Crippen LogP contribution is 2.38. The van der Waals surface area contributed by atoms with Crippen LogP contribution in [0.5, 0.6) is 0 Å². The second-order valence-corrected chi connectivity index (χ2v) is 5.43. The van der Waals surface area contributed by atoms with Gasteiger partial charge in [0.1, 0.15) is 0 Å². The van der Waals surface area contributed by atoms with E-state index in [4.69, 9.17) is 18.8 Å². The van der Waals surface area contributed by atoms with Crippen LogP contribution in [0, 0.1) is 0 Å². The molecule has 2 aliphatic rings. The van der Waals surface area contributed by atoms with Gasteiger partial charge in [0.15, 0.2) is 6.29 Å². The Kier molecular flexibility index (Phi) is 3.32. The summed E-state index contributed by atoms with van der Waals surface area (Å²) >= 11 is 0. The van der Waals surface area contributed by atoms with E-state index in [0.29, 0.717) is 13.2 Å². The highest BCUT2D eigenvalue weighted by Gasteiger charge is 2.50. The maximum absolute atomic E-state index is 5.89. The molecule has 0 N–H and O–H groups in total. The fraction of sp³-hybridized carbons (Fsp3) is 1.00. The Hall–Kier alpha value is -0.0951. The second kappa shape index (κ2) is 4.29. The molecule has 5 heteroatoms. The van der Waals surface area contributed by atoms with Crippen LogP contribution in [0.4, 0.5) is 0 Å². The summed E-state index contributed by atoms with van der Waals surface area (Å²) in [6.07, 6.45) is 1.58. The molecular formula is C11H21BO4. The molecule has 2 rings (SSSR count). The summed E-state index contributed by atoms with van der Waals surface area (Å²) in [5.41, 5.74) is -0.482. The molecule has 0 unspecified atom stereocenters. The van der Waals surface area contributed by atoms with Gasteiger partial charge in [0, 0.05) is 0 Å². The third-order valence-corrected chi connectivity index (χ3v) is 3.63. The third kappa shape index (κ3) is 2.42. The van der Waals surface area contributed by atoms with Gasteiger partial charge in [-0.1, -0.05) is 0 Å². The summed E-state index contributed by atoms with van der Waals surface area (Å²) < 4.78 is 22.5. The van der Waals surface area contributed by atoms with Crippen molar-refractivity contribution in [3.8, 4) is 0 Å². The summed E-state index contributed by atoms with van der Waals surface area (Å²) in [6, 6.07) is 0. The maximum Gasteiger partial charge on any atom is 0.458 e. The van der Waals surface area contributed by atoms with Gasteiger partial charge in [0.2, 0.25) is 0 Å². The molecule has 0 aliphatic carbocycles. The normalized spacial score (nSPS) is 28.9. The van der Waals surface area contributed by atoms with Gasteiger partial charge in [-0.15, -0.1) is 0 Å². The molecular weight excluding hydrogens is 207 g/mol. The number of hydrogen-bond acceptors (Lipinski definition) is 4. The molecule has 0 aromatic carbocycles. The molecule has 0 atom stereocenters. The van der Waals surface area contributed by atoms with E-state index in [2.05, 4.69) is 27.7 Å². The minimum atomic E-state index is -0.241. The van der Waals surface area contributed by atoms with Crippen LogP contribution < -0.4 is 0 Å². The summed E-state index contributed by atoms with van der Waals surface area (Å²) in [5, 5.41) is 0. The zero-order valence-corrected chi connectivity index (χ0v) is 10.6. The van der Waals surface area contributed by atoms with Gasteiger partial charge in [-0.25, -0.2) is 0 Å². The van der Waals surface area contributed by atoms with Crippen molar-refractivity contribution >= 4 is 7.12 Å². The summed E-state index contributed by atoms with van der Waals surface area (Å²) in [6.45, 7) is 9.67. The van der Waals surface area contributed by atoms with E-state index in [1.165, 1.54) is 0 Å². The zero-order chi connectivity index (χ0) is 11.8. The topological polar surface area (TPSA) is 36.9 Å². The fourth-order valence-corrected chi connectivity index (χ4v) is 1.93. The van der Waals surface area contributed by atoms with E-state index >= 15 is 0 Å². The molecule has 0 bridgehead atoms. The Balaban J connectivity index is 1.80. The second-order valence-electron chi connectivity index (χ2n) is 5.43. The quantitative estimate of drug-likeness (QED) is 0.690. The molecule has 2 heterocycles. The first-order valence-electron chi connectivity index (χ1n) is 5.99. The van der Waals surface area contributed by atoms with E-state index in [1.54, 1.807) is 0 Å². The van der Waals surface area contributed by atoms with Gasteiger partial charge in [-0.3, -0.25) is 0 Å². The van der Waals surface area contributed by atoms with Crippen molar-refractivity contribution in [1.29, 1.82) is 0 Å². The third-order valence-electron chi connectivity index (χ3n) is 3.63. The number of hydrogen-bond donors (Lipinski definition) is 0. The lowest BCUT2D eigenvalue weighted by Crippen LogP contribution is -2.41. The van der Waals surface area contributed by atoms with E-state index in [-0.39, 0.29) is 24.6 Å². The van der Waals surface area contributed by atoms with E-state index in [1.807, 2.05) is 0 Å². The molecule has 2 saturated heterocycles. The molecule has 92 valence electrons. The highest BCUT2D eigenvalue weighted by atomic mass is 16.7. The van der Waals surface area contributed by atoms with Gasteiger partial charge in [-0.2, -0.15) is 0 Å². The smallest absolute Gasteiger partial charge is 0.403 e. The monoisotopic (exact) mass is 228 g/mol. The Morgan fingerprint density at radius 1 is 1.00 bits per heavy atom. The molecule has 0 saturated carbocycles. The number of ether oxygens (including phenoxy) is 2. The molecule has 0 radical (unpaired) electrons. The van der Waals surface area contributed by atoms with E-state index < -0.39 is 0 Å². The summed E-state index contributed by atoms with van der Waals surface area (Å²) in [4.78, 5) is 0. The van der Waals surface area contributed by atoms with Crippen molar-refractivity contribution in [1.82, 2.24) is 0 Å². The van der Waals surface area contributed by atoms with Crippen LogP contribution in [0.1, 0.15) is 34.1 Å². The first-order valence-corrected chi connectivity index (χ1v) is 5.99. The number of rotatable bonds is 3. The maximum atomic E-state index is 5.89. The van der Waals surface area contributed by atoms with Crippen LogP contribution >= 0.6 is 0 Å². The summed E-state index contributed by atoms with van der Waals surface area (Å²) in [5.74, 6) is 0. The van der Waals surface area contributed by atoms with Crippen LogP contribution in [0.15, 0.2) is 0 Å². The Morgan fingerprint density at radius 3 is 2.00 bits per heavy atom. The van der Waals surface area contributed by atoms with E-state index in [9.17, 15) is 0 Å². The SMILES string of the molecule is CC1(C)OB(CCC2OCCO2)OC1(C)C. The average Bonchev–Trinajstić information content (AvgIpc) is 2.70. The van der Waals surface area contributed by atoms with Gasteiger partial charge < -0.3 is 18.8 Å². The van der Waals surface area contributed by atoms with Crippen molar-refractivity contribution < 1.29 is 18.8 Å². The van der Waals surface area contributed by atoms with Crippen LogP contribution in [0.25, 0.3) is 0 Å². The molecule has 4 nitrogen and oxygen atoms in total. The average molecular weight is 228 g/mol. The fourth-order valence-electron chi connectivity index (χ4n) is 1.93. The first-order chi connectivity index (χ1) is 7.41. The minimum absolute atomic E-state index is 0.0703. The lowest BCUT2D eigenvalue weighted by atomic mass is 9.83. The lowest BCUT2D eigenvalue weighted by Gasteiger charge is -2.32. The molecule has 2 aliphatic heterocycles. The molecule has 0 aromatic heterocycles. The molecule has 0 amide bonds. The van der Waals surface area contributed by atoms with Crippen LogP contribution in [0.2, 0.25) is 6.32 Å². The largest absolute Gasteiger partial charge is 0.458 e. The predicted molar refractivity (Wildman–Crippen MR) is 61.2 cm³/mol. The zero-order valence-electron chi connectivity index (χ0n) is 10.6. The Bertz CT molecular complexity index is 232. The summed E-state index contributed by atoms with van der Waals surface area (Å²) in [7, 11) is -0.141. The Labute approximate surface area is 97.7 Å². The van der Waals surface area contributed by atoms with E-state index in [0.717, 1.165) is 12.7 Å². The van der Waals surface area contributed by atoms with Crippen molar-refractivity contribution in [3.63, 3.8) is 0 Å². The van der Waals surface area contributed by atoms with Crippen molar-refractivity contribution in [3.05, 3.63) is 0 Å². The highest BCUT2D eigenvalue weighted by molar-refractivity contribution is 6.45. The van der Waals surface area contributed by atoms with Crippen LogP contribution in [-0.2, 0) is 18.8 Å². The van der Waals surface area contributed by atoms with Gasteiger partial charge in [0.05, 0.1) is 24.4 Å². The lowest BCUT2D eigenvalue weighted by molar-refractivity contribution is -0.0440. The minimum Gasteiger partial charge on any atom is -0.403 e. The standard InChI is InChI=1S/C11H21BO4/c1-10(2)11(3,4)16-12(15-10)6-5-9-13-7-8-14-9/h9H,5-8H2,1-4H3. The molecule has 0 aromatic rings. The first kappa shape index (κ1) is 12.4. The molecule has 2 fully saturated rings. The van der Waals surface area contributed by atoms with Crippen molar-refractivity contribution in [2.24, 2.45) is 0 Å². The van der Waals surface area contributed by atoms with Crippen LogP contribution in [-0.4, -0.2) is 37.8 Å². The van der Waals surface area contributed by atoms with Crippen LogP contribution in [0.3, 0.4) is 0 Å². The van der Waals surface area contributed by atoms with Gasteiger partial charge >= 0.3 is 7.12 Å². The van der Waals surface area contributed by atoms with Crippen molar-refractivity contribution in [2.45, 2.75) is 57.9 Å². The van der Waals surface area contributed by atoms with Crippen molar-refractivity contribution in [2.75, 3.05) is 13.2 Å². The van der Waals surface area contributed by atoms with Gasteiger partial charge in [-0.05, 0) is 40.4 Å². The molecule has 16 heavy (non-hydrogen) atoms. The Morgan fingerprint density at radius 2 is 1.50 bits per heavy atom.